The summed E-state index contributed by atoms with van der Waals surface area (Å²) >= 11 is 0. The maximum atomic E-state index is 12.6. The third-order valence-electron chi connectivity index (χ3n) is 3.01. The number of nitrogens with one attached hydrogen (secondary N) is 2. The number of hydrogen-bond donors (Lipinski definition) is 3. The van der Waals surface area contributed by atoms with Crippen molar-refractivity contribution in [3.8, 4) is 0 Å². The third kappa shape index (κ3) is 11.1. The average molecular weight is 388 g/mol. The van der Waals surface area contributed by atoms with Crippen molar-refractivity contribution in [2.45, 2.75) is 85.1 Å². The molecule has 0 heterocycles. The zero-order valence-corrected chi connectivity index (χ0v) is 17.3. The van der Waals surface area contributed by atoms with Gasteiger partial charge in [0.25, 0.3) is 0 Å². The first kappa shape index (κ1) is 24.7. The van der Waals surface area contributed by atoms with E-state index in [1.165, 1.54) is 0 Å². The van der Waals surface area contributed by atoms with E-state index in [0.717, 1.165) is 0 Å². The Balaban J connectivity index is 5.24. The summed E-state index contributed by atoms with van der Waals surface area (Å²) in [7, 11) is 0. The SMILES string of the molecule is CC(C)[C@H](NC(=O)OC(C)(C)C)C(=O)N[C@H](CC(=O)O)C(=O)OC(C)(C)C. The fraction of sp³-hybridized carbons (Fsp3) is 0.778. The van der Waals surface area contributed by atoms with Crippen LogP contribution >= 0.6 is 0 Å². The predicted octanol–water partition coefficient (Wildman–Crippen LogP) is 1.84. The smallest absolute Gasteiger partial charge is 0.408 e. The molecule has 0 aliphatic heterocycles. The van der Waals surface area contributed by atoms with Crippen LogP contribution in [0.1, 0.15) is 61.8 Å². The lowest BCUT2D eigenvalue weighted by Gasteiger charge is -2.27. The van der Waals surface area contributed by atoms with E-state index >= 15 is 0 Å². The zero-order chi connectivity index (χ0) is 21.6. The Bertz CT molecular complexity index is 559. The first-order chi connectivity index (χ1) is 12.0. The minimum absolute atomic E-state index is 0.332. The Morgan fingerprint density at radius 2 is 1.37 bits per heavy atom. The van der Waals surface area contributed by atoms with Gasteiger partial charge in [-0.2, -0.15) is 0 Å². The predicted molar refractivity (Wildman–Crippen MR) is 98.0 cm³/mol. The lowest BCUT2D eigenvalue weighted by Crippen LogP contribution is -2.55. The number of carboxylic acids is 1. The second kappa shape index (κ2) is 9.57. The molecule has 0 bridgehead atoms. The molecule has 0 aliphatic carbocycles. The molecule has 9 nitrogen and oxygen atoms in total. The molecule has 27 heavy (non-hydrogen) atoms. The molecule has 0 radical (unpaired) electrons. The molecular weight excluding hydrogens is 356 g/mol. The van der Waals surface area contributed by atoms with Crippen LogP contribution in [-0.4, -0.2) is 52.3 Å². The monoisotopic (exact) mass is 388 g/mol. The van der Waals surface area contributed by atoms with Crippen LogP contribution in [0, 0.1) is 5.92 Å². The Hall–Kier alpha value is -2.32. The van der Waals surface area contributed by atoms with Gasteiger partial charge in [0.1, 0.15) is 23.3 Å². The second-order valence-electron chi connectivity index (χ2n) is 8.56. The lowest BCUT2D eigenvalue weighted by molar-refractivity contribution is -0.161. The number of hydrogen-bond acceptors (Lipinski definition) is 6. The van der Waals surface area contributed by atoms with E-state index in [-0.39, 0.29) is 5.92 Å². The van der Waals surface area contributed by atoms with Crippen LogP contribution in [0.15, 0.2) is 0 Å². The lowest BCUT2D eigenvalue weighted by atomic mass is 10.0. The minimum Gasteiger partial charge on any atom is -0.481 e. The fourth-order valence-corrected chi connectivity index (χ4v) is 1.97. The number of rotatable bonds is 7. The highest BCUT2D eigenvalue weighted by Gasteiger charge is 2.33. The van der Waals surface area contributed by atoms with Crippen LogP contribution in [-0.2, 0) is 23.9 Å². The summed E-state index contributed by atoms with van der Waals surface area (Å²) < 4.78 is 10.3. The Labute approximate surface area is 160 Å². The number of carboxylic acid groups (broad SMARTS) is 1. The van der Waals surface area contributed by atoms with Crippen molar-refractivity contribution in [1.82, 2.24) is 10.6 Å². The van der Waals surface area contributed by atoms with Gasteiger partial charge in [0.2, 0.25) is 5.91 Å². The van der Waals surface area contributed by atoms with Crippen molar-refractivity contribution in [2.24, 2.45) is 5.92 Å². The fourth-order valence-electron chi connectivity index (χ4n) is 1.97. The third-order valence-corrected chi connectivity index (χ3v) is 3.01. The van der Waals surface area contributed by atoms with Gasteiger partial charge in [-0.05, 0) is 47.5 Å². The normalized spacial score (nSPS) is 14.1. The molecule has 156 valence electrons. The van der Waals surface area contributed by atoms with Crippen molar-refractivity contribution in [2.75, 3.05) is 0 Å². The van der Waals surface area contributed by atoms with Gasteiger partial charge < -0.3 is 25.2 Å². The first-order valence-corrected chi connectivity index (χ1v) is 8.76. The minimum atomic E-state index is -1.38. The summed E-state index contributed by atoms with van der Waals surface area (Å²) in [6.45, 7) is 13.3. The Morgan fingerprint density at radius 1 is 0.889 bits per heavy atom. The summed E-state index contributed by atoms with van der Waals surface area (Å²) in [5.41, 5.74) is -1.59. The molecule has 3 N–H and O–H groups in total. The molecule has 0 aromatic rings. The molecule has 0 saturated carbocycles. The van der Waals surface area contributed by atoms with Gasteiger partial charge in [-0.1, -0.05) is 13.8 Å². The molecule has 0 rings (SSSR count). The number of aliphatic carboxylic acids is 1. The van der Waals surface area contributed by atoms with Gasteiger partial charge in [-0.3, -0.25) is 9.59 Å². The van der Waals surface area contributed by atoms with Gasteiger partial charge in [0, 0.05) is 0 Å². The molecule has 0 aromatic carbocycles. The largest absolute Gasteiger partial charge is 0.481 e. The molecule has 0 fully saturated rings. The van der Waals surface area contributed by atoms with E-state index < -0.39 is 53.6 Å². The van der Waals surface area contributed by atoms with Crippen LogP contribution in [0.25, 0.3) is 0 Å². The van der Waals surface area contributed by atoms with Gasteiger partial charge in [0.15, 0.2) is 0 Å². The van der Waals surface area contributed by atoms with E-state index in [1.807, 2.05) is 0 Å². The number of amides is 2. The number of carbonyl (C=O) groups is 4. The highest BCUT2D eigenvalue weighted by atomic mass is 16.6. The van der Waals surface area contributed by atoms with Crippen LogP contribution in [0.5, 0.6) is 0 Å². The zero-order valence-electron chi connectivity index (χ0n) is 17.3. The Morgan fingerprint density at radius 3 is 1.74 bits per heavy atom. The topological polar surface area (TPSA) is 131 Å². The van der Waals surface area contributed by atoms with Gasteiger partial charge >= 0.3 is 18.0 Å². The van der Waals surface area contributed by atoms with Gasteiger partial charge in [-0.25, -0.2) is 9.59 Å². The highest BCUT2D eigenvalue weighted by molar-refractivity contribution is 5.91. The van der Waals surface area contributed by atoms with E-state index in [1.54, 1.807) is 55.4 Å². The van der Waals surface area contributed by atoms with Crippen LogP contribution < -0.4 is 10.6 Å². The number of esters is 1. The van der Waals surface area contributed by atoms with Crippen molar-refractivity contribution in [1.29, 1.82) is 0 Å². The molecule has 0 spiro atoms. The number of alkyl carbamates (subject to hydrolysis) is 1. The molecular formula is C18H32N2O7. The van der Waals surface area contributed by atoms with E-state index in [2.05, 4.69) is 10.6 Å². The summed E-state index contributed by atoms with van der Waals surface area (Å²) in [6, 6.07) is -2.39. The Kier molecular flexibility index (Phi) is 8.75. The molecule has 0 aromatic heterocycles. The number of carbonyl (C=O) groups excluding carboxylic acids is 3. The molecule has 9 heteroatoms. The summed E-state index contributed by atoms with van der Waals surface area (Å²) in [6.07, 6.45) is -1.43. The van der Waals surface area contributed by atoms with Crippen LogP contribution in [0.2, 0.25) is 0 Å². The maximum Gasteiger partial charge on any atom is 0.408 e. The molecule has 0 saturated heterocycles. The molecule has 0 unspecified atom stereocenters. The van der Waals surface area contributed by atoms with Crippen molar-refractivity contribution < 1.29 is 33.8 Å². The van der Waals surface area contributed by atoms with E-state index in [4.69, 9.17) is 14.6 Å². The standard InChI is InChI=1S/C18H32N2O7/c1-10(2)13(20-16(25)27-18(6,7)8)14(23)19-11(9-12(21)22)15(24)26-17(3,4)5/h10-11,13H,9H2,1-8H3,(H,19,23)(H,20,25)(H,21,22)/t11-,13+/m1/s1. The van der Waals surface area contributed by atoms with Crippen LogP contribution in [0.3, 0.4) is 0 Å². The quantitative estimate of drug-likeness (QED) is 0.567. The summed E-state index contributed by atoms with van der Waals surface area (Å²) in [4.78, 5) is 47.8. The van der Waals surface area contributed by atoms with E-state index in [0.29, 0.717) is 0 Å². The first-order valence-electron chi connectivity index (χ1n) is 8.76. The second-order valence-corrected chi connectivity index (χ2v) is 8.56. The highest BCUT2D eigenvalue weighted by Crippen LogP contribution is 2.12. The maximum absolute atomic E-state index is 12.6. The average Bonchev–Trinajstić information content (AvgIpc) is 2.39. The number of ether oxygens (including phenoxy) is 2. The molecule has 2 atom stereocenters. The molecule has 2 amide bonds. The van der Waals surface area contributed by atoms with Crippen molar-refractivity contribution >= 4 is 23.9 Å². The van der Waals surface area contributed by atoms with Gasteiger partial charge in [-0.15, -0.1) is 0 Å². The van der Waals surface area contributed by atoms with Crippen molar-refractivity contribution in [3.63, 3.8) is 0 Å². The van der Waals surface area contributed by atoms with Crippen molar-refractivity contribution in [3.05, 3.63) is 0 Å². The molecule has 0 aliphatic rings. The summed E-state index contributed by atoms with van der Waals surface area (Å²) in [5.74, 6) is -3.17. The van der Waals surface area contributed by atoms with Crippen LogP contribution in [0.4, 0.5) is 4.79 Å². The van der Waals surface area contributed by atoms with Gasteiger partial charge in [0.05, 0.1) is 6.42 Å². The van der Waals surface area contributed by atoms with E-state index in [9.17, 15) is 19.2 Å². The summed E-state index contributed by atoms with van der Waals surface area (Å²) in [5, 5.41) is 13.8.